The zero-order valence-corrected chi connectivity index (χ0v) is 8.40. The van der Waals surface area contributed by atoms with Gasteiger partial charge in [-0.25, -0.2) is 4.98 Å². The lowest BCUT2D eigenvalue weighted by atomic mass is 10.3. The fourth-order valence-electron chi connectivity index (χ4n) is 1.60. The summed E-state index contributed by atoms with van der Waals surface area (Å²) in [5.74, 6) is 2.89. The largest absolute Gasteiger partial charge is 0.310 e. The van der Waals surface area contributed by atoms with E-state index < -0.39 is 0 Å². The van der Waals surface area contributed by atoms with Crippen LogP contribution in [0.4, 0.5) is 0 Å². The molecule has 0 aliphatic carbocycles. The summed E-state index contributed by atoms with van der Waals surface area (Å²) in [6.45, 7) is 1.86. The number of benzene rings is 1. The molecular weight excluding hydrogens is 188 g/mol. The van der Waals surface area contributed by atoms with E-state index in [1.54, 1.807) is 4.57 Å². The maximum Gasteiger partial charge on any atom is 0.195 e. The van der Waals surface area contributed by atoms with E-state index in [4.69, 9.17) is 6.42 Å². The molecule has 0 fully saturated rings. The van der Waals surface area contributed by atoms with Gasteiger partial charge in [-0.3, -0.25) is 4.79 Å². The van der Waals surface area contributed by atoms with E-state index in [1.165, 1.54) is 6.92 Å². The normalized spacial score (nSPS) is 10.1. The van der Waals surface area contributed by atoms with Gasteiger partial charge in [-0.05, 0) is 12.1 Å². The van der Waals surface area contributed by atoms with Gasteiger partial charge in [0.2, 0.25) is 0 Å². The molecule has 0 unspecified atom stereocenters. The molecule has 0 saturated carbocycles. The molecule has 0 N–H and O–H groups in total. The van der Waals surface area contributed by atoms with Crippen molar-refractivity contribution in [3.8, 4) is 12.3 Å². The quantitative estimate of drug-likeness (QED) is 0.545. The standard InChI is InChI=1S/C12H10N2O/c1-3-8-14-11-7-5-4-6-10(11)13-12(14)9(2)15/h1,4-7H,8H2,2H3. The lowest BCUT2D eigenvalue weighted by Crippen LogP contribution is -2.06. The molecule has 1 heterocycles. The smallest absolute Gasteiger partial charge is 0.195 e. The fourth-order valence-corrected chi connectivity index (χ4v) is 1.60. The van der Waals surface area contributed by atoms with Gasteiger partial charge in [-0.2, -0.15) is 0 Å². The Morgan fingerprint density at radius 3 is 2.93 bits per heavy atom. The Balaban J connectivity index is 2.75. The Kier molecular flexibility index (Phi) is 2.26. The monoisotopic (exact) mass is 198 g/mol. The van der Waals surface area contributed by atoms with Gasteiger partial charge in [0.15, 0.2) is 11.6 Å². The Hall–Kier alpha value is -2.08. The number of ketones is 1. The van der Waals surface area contributed by atoms with Crippen molar-refractivity contribution >= 4 is 16.8 Å². The average molecular weight is 198 g/mol. The van der Waals surface area contributed by atoms with E-state index >= 15 is 0 Å². The van der Waals surface area contributed by atoms with Gasteiger partial charge in [0.1, 0.15) is 0 Å². The van der Waals surface area contributed by atoms with Gasteiger partial charge in [-0.15, -0.1) is 6.42 Å². The van der Waals surface area contributed by atoms with E-state index in [-0.39, 0.29) is 5.78 Å². The van der Waals surface area contributed by atoms with Crippen molar-refractivity contribution < 1.29 is 4.79 Å². The first-order chi connectivity index (χ1) is 7.24. The van der Waals surface area contributed by atoms with Crippen LogP contribution in [0.5, 0.6) is 0 Å². The predicted octanol–water partition coefficient (Wildman–Crippen LogP) is 1.87. The first-order valence-corrected chi connectivity index (χ1v) is 4.63. The summed E-state index contributed by atoms with van der Waals surface area (Å²) in [5, 5.41) is 0. The number of aromatic nitrogens is 2. The minimum Gasteiger partial charge on any atom is -0.310 e. The summed E-state index contributed by atoms with van der Waals surface area (Å²) in [5.41, 5.74) is 1.71. The molecule has 1 aromatic carbocycles. The highest BCUT2D eigenvalue weighted by Crippen LogP contribution is 2.15. The van der Waals surface area contributed by atoms with E-state index in [1.807, 2.05) is 24.3 Å². The summed E-state index contributed by atoms with van der Waals surface area (Å²) in [6, 6.07) is 7.57. The number of para-hydroxylation sites is 2. The highest BCUT2D eigenvalue weighted by atomic mass is 16.1. The minimum absolute atomic E-state index is 0.0681. The molecule has 0 atom stereocenters. The second-order valence-electron chi connectivity index (χ2n) is 3.27. The molecule has 2 aromatic rings. The van der Waals surface area contributed by atoms with Gasteiger partial charge >= 0.3 is 0 Å². The molecule has 0 saturated heterocycles. The van der Waals surface area contributed by atoms with Crippen LogP contribution in [0.15, 0.2) is 24.3 Å². The maximum absolute atomic E-state index is 11.4. The van der Waals surface area contributed by atoms with Gasteiger partial charge in [-0.1, -0.05) is 18.1 Å². The van der Waals surface area contributed by atoms with Crippen molar-refractivity contribution in [1.82, 2.24) is 9.55 Å². The van der Waals surface area contributed by atoms with Gasteiger partial charge in [0.25, 0.3) is 0 Å². The molecule has 0 spiro atoms. The van der Waals surface area contributed by atoms with Gasteiger partial charge in [0.05, 0.1) is 17.6 Å². The number of hydrogen-bond acceptors (Lipinski definition) is 2. The maximum atomic E-state index is 11.4. The van der Waals surface area contributed by atoms with Crippen LogP contribution >= 0.6 is 0 Å². The third-order valence-electron chi connectivity index (χ3n) is 2.22. The highest BCUT2D eigenvalue weighted by molar-refractivity contribution is 5.94. The third kappa shape index (κ3) is 1.50. The molecule has 15 heavy (non-hydrogen) atoms. The third-order valence-corrected chi connectivity index (χ3v) is 2.22. The summed E-state index contributed by atoms with van der Waals surface area (Å²) < 4.78 is 1.76. The van der Waals surface area contributed by atoms with E-state index in [9.17, 15) is 4.79 Å². The second-order valence-corrected chi connectivity index (χ2v) is 3.27. The first-order valence-electron chi connectivity index (χ1n) is 4.63. The minimum atomic E-state index is -0.0681. The number of nitrogens with zero attached hydrogens (tertiary/aromatic N) is 2. The van der Waals surface area contributed by atoms with Crippen molar-refractivity contribution in [3.05, 3.63) is 30.1 Å². The number of Topliss-reactive ketones (excluding diaryl/α,β-unsaturated/α-hetero) is 1. The Bertz CT molecular complexity index is 560. The number of terminal acetylenes is 1. The van der Waals surface area contributed by atoms with Crippen LogP contribution in [0.3, 0.4) is 0 Å². The average Bonchev–Trinajstić information content (AvgIpc) is 2.58. The molecule has 2 rings (SSSR count). The number of fused-ring (bicyclic) bond motifs is 1. The van der Waals surface area contributed by atoms with E-state index in [0.717, 1.165) is 11.0 Å². The molecule has 0 aliphatic rings. The van der Waals surface area contributed by atoms with Crippen LogP contribution in [-0.4, -0.2) is 15.3 Å². The number of carbonyl (C=O) groups is 1. The fraction of sp³-hybridized carbons (Fsp3) is 0.167. The molecular formula is C12H10N2O. The Morgan fingerprint density at radius 1 is 1.53 bits per heavy atom. The molecule has 0 radical (unpaired) electrons. The molecule has 0 amide bonds. The van der Waals surface area contributed by atoms with Crippen LogP contribution in [0.25, 0.3) is 11.0 Å². The highest BCUT2D eigenvalue weighted by Gasteiger charge is 2.12. The zero-order chi connectivity index (χ0) is 10.8. The van der Waals surface area contributed by atoms with Crippen LogP contribution in [-0.2, 0) is 6.54 Å². The number of carbonyl (C=O) groups excluding carboxylic acids is 1. The van der Waals surface area contributed by atoms with Crippen LogP contribution in [0.1, 0.15) is 17.5 Å². The number of rotatable bonds is 2. The summed E-state index contributed by atoms with van der Waals surface area (Å²) in [6.07, 6.45) is 5.27. The molecule has 74 valence electrons. The second kappa shape index (κ2) is 3.58. The van der Waals surface area contributed by atoms with Gasteiger partial charge < -0.3 is 4.57 Å². The lowest BCUT2D eigenvalue weighted by Gasteiger charge is -2.01. The SMILES string of the molecule is C#CCn1c(C(C)=O)nc2ccccc21. The Morgan fingerprint density at radius 2 is 2.27 bits per heavy atom. The summed E-state index contributed by atoms with van der Waals surface area (Å²) >= 11 is 0. The lowest BCUT2D eigenvalue weighted by molar-refractivity contribution is 0.100. The van der Waals surface area contributed by atoms with E-state index in [2.05, 4.69) is 10.9 Å². The molecule has 0 bridgehead atoms. The molecule has 3 heteroatoms. The van der Waals surface area contributed by atoms with Crippen molar-refractivity contribution in [2.45, 2.75) is 13.5 Å². The van der Waals surface area contributed by atoms with Crippen molar-refractivity contribution in [2.75, 3.05) is 0 Å². The van der Waals surface area contributed by atoms with Gasteiger partial charge in [0, 0.05) is 6.92 Å². The molecule has 3 nitrogen and oxygen atoms in total. The summed E-state index contributed by atoms with van der Waals surface area (Å²) in [4.78, 5) is 15.6. The predicted molar refractivity (Wildman–Crippen MR) is 58.6 cm³/mol. The van der Waals surface area contributed by atoms with Crippen LogP contribution in [0, 0.1) is 12.3 Å². The van der Waals surface area contributed by atoms with Crippen LogP contribution in [0.2, 0.25) is 0 Å². The molecule has 1 aromatic heterocycles. The van der Waals surface area contributed by atoms with Crippen molar-refractivity contribution in [3.63, 3.8) is 0 Å². The topological polar surface area (TPSA) is 34.9 Å². The molecule has 0 aliphatic heterocycles. The van der Waals surface area contributed by atoms with Crippen molar-refractivity contribution in [1.29, 1.82) is 0 Å². The number of hydrogen-bond donors (Lipinski definition) is 0. The Labute approximate surface area is 87.7 Å². The number of imidazole rings is 1. The van der Waals surface area contributed by atoms with Crippen molar-refractivity contribution in [2.24, 2.45) is 0 Å². The van der Waals surface area contributed by atoms with E-state index in [0.29, 0.717) is 12.4 Å². The van der Waals surface area contributed by atoms with Crippen LogP contribution < -0.4 is 0 Å². The zero-order valence-electron chi connectivity index (χ0n) is 8.40. The summed E-state index contributed by atoms with van der Waals surface area (Å²) in [7, 11) is 0. The first kappa shape index (κ1) is 9.47.